The second-order valence-corrected chi connectivity index (χ2v) is 12.5. The summed E-state index contributed by atoms with van der Waals surface area (Å²) in [6.07, 6.45) is -3.62. The number of halogens is 3. The van der Waals surface area contributed by atoms with E-state index in [9.17, 15) is 40.0 Å². The van der Waals surface area contributed by atoms with Gasteiger partial charge in [-0.15, -0.1) is 13.2 Å². The largest absolute Gasteiger partial charge is 0.573 e. The highest BCUT2D eigenvalue weighted by Gasteiger charge is 2.31. The van der Waals surface area contributed by atoms with Crippen molar-refractivity contribution in [3.8, 4) is 17.2 Å². The summed E-state index contributed by atoms with van der Waals surface area (Å²) >= 11 is 0. The number of carbonyl (C=O) groups is 1. The third kappa shape index (κ3) is 8.56. The molecule has 1 atom stereocenters. The standard InChI is InChI=1S/C22H26F3N3O8S2/c1-37(31,32)27-12-10-26(11-13-27)14-17(28(30)16-29)15-38(33,34)21-8-6-19(7-9-21)35-18-2-4-20(5-3-18)36-22(23,24)25/h2-9,16-17,30H,10-15H2,1H3. The number of hydrogen-bond donors (Lipinski definition) is 1. The van der Waals surface area contributed by atoms with E-state index in [1.807, 2.05) is 0 Å². The van der Waals surface area contributed by atoms with Gasteiger partial charge in [-0.3, -0.25) is 14.9 Å². The minimum atomic E-state index is -4.82. The predicted molar refractivity (Wildman–Crippen MR) is 128 cm³/mol. The Labute approximate surface area is 217 Å². The topological polar surface area (TPSA) is 134 Å². The van der Waals surface area contributed by atoms with Crippen LogP contribution in [0.5, 0.6) is 17.2 Å². The fourth-order valence-corrected chi connectivity index (χ4v) is 6.09. The Kier molecular flexibility index (Phi) is 9.25. The number of rotatable bonds is 11. The van der Waals surface area contributed by atoms with Crippen molar-refractivity contribution in [2.45, 2.75) is 17.3 Å². The van der Waals surface area contributed by atoms with E-state index in [-0.39, 0.29) is 47.5 Å². The number of hydrogen-bond acceptors (Lipinski definition) is 9. The Hall–Kier alpha value is -2.92. The molecule has 1 aliphatic rings. The Balaban J connectivity index is 1.63. The molecule has 1 heterocycles. The zero-order valence-electron chi connectivity index (χ0n) is 20.1. The first-order chi connectivity index (χ1) is 17.7. The third-order valence-corrected chi connectivity index (χ3v) is 8.76. The second kappa shape index (κ2) is 11.9. The fourth-order valence-electron chi connectivity index (χ4n) is 3.75. The first-order valence-corrected chi connectivity index (χ1v) is 14.6. The maximum atomic E-state index is 13.0. The zero-order valence-corrected chi connectivity index (χ0v) is 21.7. The lowest BCUT2D eigenvalue weighted by Crippen LogP contribution is -2.53. The highest BCUT2D eigenvalue weighted by molar-refractivity contribution is 7.91. The van der Waals surface area contributed by atoms with E-state index >= 15 is 0 Å². The van der Waals surface area contributed by atoms with E-state index in [4.69, 9.17) is 4.74 Å². The molecular formula is C22H26F3N3O8S2. The molecule has 2 aromatic rings. The molecule has 0 saturated carbocycles. The molecule has 0 radical (unpaired) electrons. The van der Waals surface area contributed by atoms with Crippen LogP contribution < -0.4 is 9.47 Å². The highest BCUT2D eigenvalue weighted by atomic mass is 32.2. The van der Waals surface area contributed by atoms with Crippen LogP contribution in [0.15, 0.2) is 53.4 Å². The Bertz CT molecular complexity index is 1300. The van der Waals surface area contributed by atoms with E-state index in [1.54, 1.807) is 4.90 Å². The van der Waals surface area contributed by atoms with Crippen molar-refractivity contribution in [1.82, 2.24) is 14.3 Å². The van der Waals surface area contributed by atoms with Gasteiger partial charge < -0.3 is 9.47 Å². The number of ether oxygens (including phenoxy) is 2. The summed E-state index contributed by atoms with van der Waals surface area (Å²) in [4.78, 5) is 12.9. The lowest BCUT2D eigenvalue weighted by molar-refractivity contribution is -0.274. The van der Waals surface area contributed by atoms with E-state index < -0.39 is 43.8 Å². The van der Waals surface area contributed by atoms with Gasteiger partial charge in [0.25, 0.3) is 0 Å². The molecule has 3 rings (SSSR count). The first-order valence-electron chi connectivity index (χ1n) is 11.1. The maximum Gasteiger partial charge on any atom is 0.573 e. The van der Waals surface area contributed by atoms with Gasteiger partial charge in [-0.05, 0) is 48.5 Å². The van der Waals surface area contributed by atoms with Gasteiger partial charge in [0.05, 0.1) is 22.9 Å². The van der Waals surface area contributed by atoms with Crippen molar-refractivity contribution in [3.63, 3.8) is 0 Å². The van der Waals surface area contributed by atoms with Crippen molar-refractivity contribution in [2.75, 3.05) is 44.7 Å². The Morgan fingerprint density at radius 2 is 1.45 bits per heavy atom. The fraction of sp³-hybridized carbons (Fsp3) is 0.409. The SMILES string of the molecule is CS(=O)(=O)N1CCN(CC(CS(=O)(=O)c2ccc(Oc3ccc(OC(F)(F)F)cc3)cc2)N(O)C=O)CC1. The van der Waals surface area contributed by atoms with Gasteiger partial charge in [0, 0.05) is 32.7 Å². The molecule has 0 aliphatic carbocycles. The molecule has 0 bridgehead atoms. The molecule has 1 amide bonds. The van der Waals surface area contributed by atoms with Crippen LogP contribution >= 0.6 is 0 Å². The number of sulfonamides is 1. The molecule has 1 fully saturated rings. The molecule has 38 heavy (non-hydrogen) atoms. The van der Waals surface area contributed by atoms with Gasteiger partial charge in [-0.1, -0.05) is 0 Å². The summed E-state index contributed by atoms with van der Waals surface area (Å²) in [6, 6.07) is 8.74. The first kappa shape index (κ1) is 29.6. The lowest BCUT2D eigenvalue weighted by Gasteiger charge is -2.36. The quantitative estimate of drug-likeness (QED) is 0.240. The predicted octanol–water partition coefficient (Wildman–Crippen LogP) is 1.94. The number of benzene rings is 2. The second-order valence-electron chi connectivity index (χ2n) is 8.48. The van der Waals surface area contributed by atoms with Gasteiger partial charge in [0.1, 0.15) is 17.2 Å². The minimum Gasteiger partial charge on any atom is -0.457 e. The average molecular weight is 582 g/mol. The van der Waals surface area contributed by atoms with Crippen molar-refractivity contribution >= 4 is 26.3 Å². The van der Waals surface area contributed by atoms with Crippen LogP contribution in [-0.4, -0.2) is 99.9 Å². The Morgan fingerprint density at radius 3 is 1.92 bits per heavy atom. The molecule has 1 saturated heterocycles. The average Bonchev–Trinajstić information content (AvgIpc) is 2.83. The molecule has 0 aromatic heterocycles. The van der Waals surface area contributed by atoms with Crippen molar-refractivity contribution in [3.05, 3.63) is 48.5 Å². The number of carbonyl (C=O) groups excluding carboxylic acids is 1. The molecule has 1 unspecified atom stereocenters. The van der Waals surface area contributed by atoms with E-state index in [2.05, 4.69) is 4.74 Å². The summed E-state index contributed by atoms with van der Waals surface area (Å²) in [6.45, 7) is 0.993. The molecule has 1 aliphatic heterocycles. The van der Waals surface area contributed by atoms with Crippen LogP contribution in [0.3, 0.4) is 0 Å². The van der Waals surface area contributed by atoms with Crippen molar-refractivity contribution in [2.24, 2.45) is 0 Å². The molecular weight excluding hydrogens is 555 g/mol. The normalized spacial score (nSPS) is 16.6. The monoisotopic (exact) mass is 581 g/mol. The number of sulfone groups is 1. The smallest absolute Gasteiger partial charge is 0.457 e. The van der Waals surface area contributed by atoms with Gasteiger partial charge in [-0.25, -0.2) is 21.9 Å². The van der Waals surface area contributed by atoms with Crippen LogP contribution in [-0.2, 0) is 24.7 Å². The minimum absolute atomic E-state index is 0.00130. The lowest BCUT2D eigenvalue weighted by atomic mass is 10.2. The zero-order chi connectivity index (χ0) is 28.1. The van der Waals surface area contributed by atoms with Gasteiger partial charge in [0.2, 0.25) is 16.4 Å². The summed E-state index contributed by atoms with van der Waals surface area (Å²) < 4.78 is 96.8. The van der Waals surface area contributed by atoms with E-state index in [0.29, 0.717) is 13.1 Å². The summed E-state index contributed by atoms with van der Waals surface area (Å²) in [5.74, 6) is -0.625. The van der Waals surface area contributed by atoms with E-state index in [0.717, 1.165) is 18.4 Å². The third-order valence-electron chi connectivity index (χ3n) is 5.64. The summed E-state index contributed by atoms with van der Waals surface area (Å²) in [7, 11) is -7.34. The molecule has 1 N–H and O–H groups in total. The van der Waals surface area contributed by atoms with Crippen LogP contribution in [0.1, 0.15) is 0 Å². The van der Waals surface area contributed by atoms with Crippen LogP contribution in [0, 0.1) is 0 Å². The molecule has 210 valence electrons. The maximum absolute atomic E-state index is 13.0. The summed E-state index contributed by atoms with van der Waals surface area (Å²) in [5, 5.41) is 10.3. The number of nitrogens with zero attached hydrogens (tertiary/aromatic N) is 3. The highest BCUT2D eigenvalue weighted by Crippen LogP contribution is 2.28. The van der Waals surface area contributed by atoms with Crippen LogP contribution in [0.2, 0.25) is 0 Å². The Morgan fingerprint density at radius 1 is 0.947 bits per heavy atom. The van der Waals surface area contributed by atoms with Crippen molar-refractivity contribution < 1.29 is 49.5 Å². The van der Waals surface area contributed by atoms with Crippen LogP contribution in [0.25, 0.3) is 0 Å². The van der Waals surface area contributed by atoms with Gasteiger partial charge >= 0.3 is 6.36 Å². The van der Waals surface area contributed by atoms with E-state index in [1.165, 1.54) is 40.7 Å². The molecule has 16 heteroatoms. The molecule has 2 aromatic carbocycles. The number of amides is 1. The van der Waals surface area contributed by atoms with Crippen molar-refractivity contribution in [1.29, 1.82) is 0 Å². The molecule has 11 nitrogen and oxygen atoms in total. The molecule has 0 spiro atoms. The summed E-state index contributed by atoms with van der Waals surface area (Å²) in [5.41, 5.74) is 0. The van der Waals surface area contributed by atoms with Gasteiger partial charge in [0.15, 0.2) is 9.84 Å². The van der Waals surface area contributed by atoms with Crippen LogP contribution in [0.4, 0.5) is 13.2 Å². The number of hydroxylamine groups is 2. The number of piperazine rings is 1. The van der Waals surface area contributed by atoms with Gasteiger partial charge in [-0.2, -0.15) is 4.31 Å². The number of alkyl halides is 3.